The van der Waals surface area contributed by atoms with E-state index in [1.54, 1.807) is 12.1 Å². The molecule has 0 fully saturated rings. The molecule has 0 atom stereocenters. The van der Waals surface area contributed by atoms with Gasteiger partial charge in [0, 0.05) is 42.6 Å². The molecule has 0 aliphatic heterocycles. The van der Waals surface area contributed by atoms with Crippen molar-refractivity contribution in [2.24, 2.45) is 0 Å². The summed E-state index contributed by atoms with van der Waals surface area (Å²) >= 11 is 0. The van der Waals surface area contributed by atoms with Crippen LogP contribution in [0.15, 0.2) is 79.1 Å². The average Bonchev–Trinajstić information content (AvgIpc) is 3.25. The quantitative estimate of drug-likeness (QED) is 0.378. The molecule has 6 nitrogen and oxygen atoms in total. The lowest BCUT2D eigenvalue weighted by Crippen LogP contribution is -2.13. The van der Waals surface area contributed by atoms with E-state index >= 15 is 0 Å². The zero-order valence-electron chi connectivity index (χ0n) is 18.0. The van der Waals surface area contributed by atoms with Crippen LogP contribution in [0.1, 0.15) is 41.4 Å². The first kappa shape index (κ1) is 21.3. The number of Topliss-reactive ketones (excluding diaryl/α,β-unsaturated/α-hetero) is 1. The lowest BCUT2D eigenvalue weighted by molar-refractivity contribution is -0.116. The molecular weight excluding hydrogens is 402 g/mol. The van der Waals surface area contributed by atoms with Gasteiger partial charge in [-0.3, -0.25) is 9.59 Å². The van der Waals surface area contributed by atoms with Gasteiger partial charge in [0.15, 0.2) is 5.78 Å². The summed E-state index contributed by atoms with van der Waals surface area (Å²) in [5.41, 5.74) is 4.13. The van der Waals surface area contributed by atoms with Gasteiger partial charge in [0.2, 0.25) is 5.91 Å². The molecule has 32 heavy (non-hydrogen) atoms. The molecule has 2 heterocycles. The fraction of sp³-hybridized carbons (Fsp3) is 0.192. The molecule has 1 N–H and O–H groups in total. The van der Waals surface area contributed by atoms with Crippen molar-refractivity contribution in [3.05, 3.63) is 95.9 Å². The number of fused-ring (bicyclic) bond motifs is 1. The lowest BCUT2D eigenvalue weighted by Gasteiger charge is -2.08. The maximum absolute atomic E-state index is 12.3. The Bertz CT molecular complexity index is 1200. The van der Waals surface area contributed by atoms with Gasteiger partial charge in [0.05, 0.1) is 5.69 Å². The number of pyridine rings is 1. The predicted octanol–water partition coefficient (Wildman–Crippen LogP) is 5.08. The summed E-state index contributed by atoms with van der Waals surface area (Å²) in [6.45, 7) is 2.39. The second-order valence-corrected chi connectivity index (χ2v) is 7.54. The summed E-state index contributed by atoms with van der Waals surface area (Å²) in [7, 11) is 0. The summed E-state index contributed by atoms with van der Waals surface area (Å²) in [5, 5.41) is 2.84. The number of amides is 1. The fourth-order valence-corrected chi connectivity index (χ4v) is 3.40. The smallest absolute Gasteiger partial charge is 0.224 e. The van der Waals surface area contributed by atoms with Gasteiger partial charge < -0.3 is 14.5 Å². The number of aromatic nitrogens is 2. The highest BCUT2D eigenvalue weighted by Gasteiger charge is 2.10. The largest absolute Gasteiger partial charge is 0.487 e. The molecule has 4 aromatic rings. The molecule has 2 aromatic heterocycles. The van der Waals surface area contributed by atoms with E-state index in [2.05, 4.69) is 17.2 Å². The van der Waals surface area contributed by atoms with Crippen LogP contribution in [0.5, 0.6) is 5.75 Å². The maximum Gasteiger partial charge on any atom is 0.224 e. The second kappa shape index (κ2) is 9.92. The van der Waals surface area contributed by atoms with E-state index in [1.807, 2.05) is 71.4 Å². The Labute approximate surface area is 186 Å². The highest BCUT2D eigenvalue weighted by atomic mass is 16.5. The fourth-order valence-electron chi connectivity index (χ4n) is 3.40. The van der Waals surface area contributed by atoms with E-state index in [9.17, 15) is 9.59 Å². The number of carbonyl (C=O) groups is 2. The Hall–Kier alpha value is -3.93. The SMILES string of the molecule is CCc1ccc(C(=O)CCC(=O)Nc2cccc(OCc3cn4ccccc4n3)c2)cc1. The molecule has 1 amide bonds. The van der Waals surface area contributed by atoms with E-state index in [-0.39, 0.29) is 24.5 Å². The molecule has 6 heteroatoms. The van der Waals surface area contributed by atoms with Crippen LogP contribution in [0.2, 0.25) is 0 Å². The molecule has 4 rings (SSSR count). The third-order valence-corrected chi connectivity index (χ3v) is 5.18. The Morgan fingerprint density at radius 1 is 1.00 bits per heavy atom. The number of imidazole rings is 1. The van der Waals surface area contributed by atoms with Gasteiger partial charge in [-0.2, -0.15) is 0 Å². The van der Waals surface area contributed by atoms with E-state index < -0.39 is 0 Å². The van der Waals surface area contributed by atoms with Crippen LogP contribution in [0, 0.1) is 0 Å². The molecule has 162 valence electrons. The van der Waals surface area contributed by atoms with Gasteiger partial charge in [-0.25, -0.2) is 4.98 Å². The van der Waals surface area contributed by atoms with Gasteiger partial charge in [-0.1, -0.05) is 43.3 Å². The van der Waals surface area contributed by atoms with E-state index in [4.69, 9.17) is 4.74 Å². The van der Waals surface area contributed by atoms with Crippen LogP contribution >= 0.6 is 0 Å². The van der Waals surface area contributed by atoms with Crippen molar-refractivity contribution in [1.29, 1.82) is 0 Å². The minimum Gasteiger partial charge on any atom is -0.487 e. The maximum atomic E-state index is 12.3. The van der Waals surface area contributed by atoms with Gasteiger partial charge in [-0.15, -0.1) is 0 Å². The minimum atomic E-state index is -0.207. The number of rotatable bonds is 9. The first-order chi connectivity index (χ1) is 15.6. The number of hydrogen-bond donors (Lipinski definition) is 1. The van der Waals surface area contributed by atoms with Crippen molar-refractivity contribution >= 4 is 23.0 Å². The summed E-state index contributed by atoms with van der Waals surface area (Å²) in [4.78, 5) is 29.2. The third kappa shape index (κ3) is 5.40. The van der Waals surface area contributed by atoms with Crippen molar-refractivity contribution in [2.45, 2.75) is 32.8 Å². The predicted molar refractivity (Wildman–Crippen MR) is 124 cm³/mol. The zero-order valence-corrected chi connectivity index (χ0v) is 18.0. The molecule has 0 aliphatic rings. The summed E-state index contributed by atoms with van der Waals surface area (Å²) in [6.07, 6.45) is 5.08. The molecule has 0 bridgehead atoms. The number of nitrogens with zero attached hydrogens (tertiary/aromatic N) is 2. The van der Waals surface area contributed by atoms with Crippen molar-refractivity contribution < 1.29 is 14.3 Å². The number of anilines is 1. The van der Waals surface area contributed by atoms with Crippen LogP contribution in [0.25, 0.3) is 5.65 Å². The van der Waals surface area contributed by atoms with Gasteiger partial charge in [-0.05, 0) is 36.2 Å². The third-order valence-electron chi connectivity index (χ3n) is 5.18. The molecule has 0 unspecified atom stereocenters. The molecule has 0 spiro atoms. The average molecular weight is 428 g/mol. The zero-order chi connectivity index (χ0) is 22.3. The number of benzene rings is 2. The molecular formula is C26H25N3O3. The van der Waals surface area contributed by atoms with Gasteiger partial charge in [0.25, 0.3) is 0 Å². The highest BCUT2D eigenvalue weighted by Crippen LogP contribution is 2.19. The van der Waals surface area contributed by atoms with Crippen LogP contribution in [-0.4, -0.2) is 21.1 Å². The Kier molecular flexibility index (Phi) is 6.60. The Morgan fingerprint density at radius 2 is 1.84 bits per heavy atom. The van der Waals surface area contributed by atoms with E-state index in [0.29, 0.717) is 23.6 Å². The first-order valence-electron chi connectivity index (χ1n) is 10.7. The van der Waals surface area contributed by atoms with E-state index in [1.165, 1.54) is 5.56 Å². The number of ketones is 1. The van der Waals surface area contributed by atoms with Crippen molar-refractivity contribution in [3.8, 4) is 5.75 Å². The number of carbonyl (C=O) groups excluding carboxylic acids is 2. The van der Waals surface area contributed by atoms with Crippen molar-refractivity contribution in [3.63, 3.8) is 0 Å². The monoisotopic (exact) mass is 427 g/mol. The standard InChI is InChI=1S/C26H25N3O3/c1-2-19-9-11-20(12-10-19)24(30)13-14-26(31)28-21-6-5-7-23(16-21)32-18-22-17-29-15-4-3-8-25(29)27-22/h3-12,15-17H,2,13-14,18H2,1H3,(H,28,31). The first-order valence-corrected chi connectivity index (χ1v) is 10.7. The van der Waals surface area contributed by atoms with Crippen LogP contribution in [-0.2, 0) is 17.8 Å². The lowest BCUT2D eigenvalue weighted by atomic mass is 10.0. The molecule has 0 saturated heterocycles. The topological polar surface area (TPSA) is 72.7 Å². The van der Waals surface area contributed by atoms with Crippen LogP contribution in [0.3, 0.4) is 0 Å². The molecule has 0 radical (unpaired) electrons. The van der Waals surface area contributed by atoms with Gasteiger partial charge in [0.1, 0.15) is 18.0 Å². The number of hydrogen-bond acceptors (Lipinski definition) is 4. The summed E-state index contributed by atoms with van der Waals surface area (Å²) in [5.74, 6) is 0.389. The Morgan fingerprint density at radius 3 is 2.62 bits per heavy atom. The number of aryl methyl sites for hydroxylation is 1. The highest BCUT2D eigenvalue weighted by molar-refractivity contribution is 6.00. The number of ether oxygens (including phenoxy) is 1. The summed E-state index contributed by atoms with van der Waals surface area (Å²) in [6, 6.07) is 20.6. The molecule has 0 aliphatic carbocycles. The second-order valence-electron chi connectivity index (χ2n) is 7.54. The molecule has 2 aromatic carbocycles. The molecule has 0 saturated carbocycles. The van der Waals surface area contributed by atoms with Crippen LogP contribution in [0.4, 0.5) is 5.69 Å². The van der Waals surface area contributed by atoms with Crippen molar-refractivity contribution in [1.82, 2.24) is 9.38 Å². The van der Waals surface area contributed by atoms with Gasteiger partial charge >= 0.3 is 0 Å². The minimum absolute atomic E-state index is 0.0349. The van der Waals surface area contributed by atoms with E-state index in [0.717, 1.165) is 17.8 Å². The number of nitrogens with one attached hydrogen (secondary N) is 1. The van der Waals surface area contributed by atoms with Crippen molar-refractivity contribution in [2.75, 3.05) is 5.32 Å². The van der Waals surface area contributed by atoms with Crippen LogP contribution < -0.4 is 10.1 Å². The Balaban J connectivity index is 1.28. The normalized spacial score (nSPS) is 10.8. The summed E-state index contributed by atoms with van der Waals surface area (Å²) < 4.78 is 7.78.